The maximum absolute atomic E-state index is 13.0. The first kappa shape index (κ1) is 18.6. The topological polar surface area (TPSA) is 74.7 Å². The molecule has 1 aromatic heterocycles. The van der Waals surface area contributed by atoms with E-state index in [4.69, 9.17) is 0 Å². The van der Waals surface area contributed by atoms with Crippen LogP contribution in [0.3, 0.4) is 0 Å². The fraction of sp³-hybridized carbons (Fsp3) is 0.632. The number of aromatic nitrogens is 1. The second-order valence-corrected chi connectivity index (χ2v) is 7.78. The minimum atomic E-state index is -0.563. The second-order valence-electron chi connectivity index (χ2n) is 7.78. The molecule has 26 heavy (non-hydrogen) atoms. The third-order valence-electron chi connectivity index (χ3n) is 5.81. The summed E-state index contributed by atoms with van der Waals surface area (Å²) in [5.74, 6) is -0.0508. The van der Waals surface area contributed by atoms with Crippen LogP contribution in [0.15, 0.2) is 23.0 Å². The van der Waals surface area contributed by atoms with Crippen molar-refractivity contribution in [3.05, 3.63) is 34.2 Å². The lowest BCUT2D eigenvalue weighted by Crippen LogP contribution is -2.54. The molecule has 2 aliphatic rings. The summed E-state index contributed by atoms with van der Waals surface area (Å²) in [5, 5.41) is 3.01. The van der Waals surface area contributed by atoms with Gasteiger partial charge in [-0.2, -0.15) is 0 Å². The van der Waals surface area contributed by atoms with Crippen LogP contribution in [0.2, 0.25) is 0 Å². The Bertz CT molecular complexity index is 757. The van der Waals surface area contributed by atoms with E-state index in [9.17, 15) is 14.4 Å². The standard InChI is InChI=1S/C19H28N4O3/c1-12(21(3)4)9-20-19(26)18-15-8-14(10-22(11-15)13(2)24)16-6-5-7-17(25)23(16)18/h5-7,12,14-15,18H,8-11H2,1-4H3,(H,20,26)/t12-,14-,15+,18-/m1/s1. The Kier molecular flexibility index (Phi) is 5.18. The number of nitrogens with zero attached hydrogens (tertiary/aromatic N) is 3. The van der Waals surface area contributed by atoms with E-state index in [-0.39, 0.29) is 35.3 Å². The summed E-state index contributed by atoms with van der Waals surface area (Å²) < 4.78 is 1.66. The van der Waals surface area contributed by atoms with Crippen LogP contribution >= 0.6 is 0 Å². The molecule has 1 fully saturated rings. The Labute approximate surface area is 154 Å². The van der Waals surface area contributed by atoms with E-state index in [1.165, 1.54) is 6.07 Å². The quantitative estimate of drug-likeness (QED) is 0.845. The number of fused-ring (bicyclic) bond motifs is 4. The summed E-state index contributed by atoms with van der Waals surface area (Å²) in [6, 6.07) is 4.79. The van der Waals surface area contributed by atoms with Gasteiger partial charge < -0.3 is 15.1 Å². The number of rotatable bonds is 4. The van der Waals surface area contributed by atoms with Crippen molar-refractivity contribution in [3.63, 3.8) is 0 Å². The van der Waals surface area contributed by atoms with Gasteiger partial charge in [0.05, 0.1) is 0 Å². The summed E-state index contributed by atoms with van der Waals surface area (Å²) in [4.78, 5) is 41.4. The first-order valence-corrected chi connectivity index (χ1v) is 9.20. The fourth-order valence-corrected chi connectivity index (χ4v) is 4.06. The minimum absolute atomic E-state index is 0.0202. The molecule has 0 radical (unpaired) electrons. The van der Waals surface area contributed by atoms with Gasteiger partial charge in [0.25, 0.3) is 5.56 Å². The van der Waals surface area contributed by atoms with E-state index >= 15 is 0 Å². The van der Waals surface area contributed by atoms with Crippen molar-refractivity contribution < 1.29 is 9.59 Å². The van der Waals surface area contributed by atoms with Crippen molar-refractivity contribution >= 4 is 11.8 Å². The Balaban J connectivity index is 1.92. The first-order valence-electron chi connectivity index (χ1n) is 9.20. The van der Waals surface area contributed by atoms with Gasteiger partial charge in [-0.15, -0.1) is 0 Å². The van der Waals surface area contributed by atoms with Gasteiger partial charge in [0.15, 0.2) is 0 Å². The molecular weight excluding hydrogens is 332 g/mol. The van der Waals surface area contributed by atoms with Gasteiger partial charge >= 0.3 is 0 Å². The van der Waals surface area contributed by atoms with Gasteiger partial charge in [-0.1, -0.05) is 6.07 Å². The number of carbonyl (C=O) groups is 2. The number of hydrogen-bond acceptors (Lipinski definition) is 4. The van der Waals surface area contributed by atoms with Gasteiger partial charge in [0.1, 0.15) is 6.04 Å². The van der Waals surface area contributed by atoms with Crippen LogP contribution in [0, 0.1) is 5.92 Å². The van der Waals surface area contributed by atoms with E-state index in [2.05, 4.69) is 5.32 Å². The number of piperidine rings is 1. The lowest BCUT2D eigenvalue weighted by molar-refractivity contribution is -0.135. The SMILES string of the molecule is CC(=O)N1C[C@H]2C[C@@H](C1)[C@H](C(=O)NC[C@@H](C)N(C)C)n1c2cccc1=O. The molecule has 2 bridgehead atoms. The van der Waals surface area contributed by atoms with Gasteiger partial charge in [-0.3, -0.25) is 19.0 Å². The summed E-state index contributed by atoms with van der Waals surface area (Å²) in [6.45, 7) is 5.25. The molecule has 0 aliphatic carbocycles. The average molecular weight is 360 g/mol. The molecule has 1 N–H and O–H groups in total. The van der Waals surface area contributed by atoms with E-state index < -0.39 is 6.04 Å². The normalized spacial score (nSPS) is 25.6. The summed E-state index contributed by atoms with van der Waals surface area (Å²) in [7, 11) is 3.93. The highest BCUT2D eigenvalue weighted by molar-refractivity contribution is 5.81. The third-order valence-corrected chi connectivity index (χ3v) is 5.81. The minimum Gasteiger partial charge on any atom is -0.353 e. The smallest absolute Gasteiger partial charge is 0.251 e. The summed E-state index contributed by atoms with van der Waals surface area (Å²) in [5.41, 5.74) is 0.717. The third kappa shape index (κ3) is 3.40. The average Bonchev–Trinajstić information content (AvgIpc) is 2.60. The van der Waals surface area contributed by atoms with Crippen LogP contribution in [0.25, 0.3) is 0 Å². The number of hydrogen-bond donors (Lipinski definition) is 1. The largest absolute Gasteiger partial charge is 0.353 e. The highest BCUT2D eigenvalue weighted by atomic mass is 16.2. The summed E-state index contributed by atoms with van der Waals surface area (Å²) >= 11 is 0. The fourth-order valence-electron chi connectivity index (χ4n) is 4.06. The highest BCUT2D eigenvalue weighted by Crippen LogP contribution is 2.41. The number of amides is 2. The molecule has 7 nitrogen and oxygen atoms in total. The van der Waals surface area contributed by atoms with Crippen LogP contribution in [0.1, 0.15) is 37.9 Å². The zero-order valence-electron chi connectivity index (χ0n) is 15.9. The first-order chi connectivity index (χ1) is 12.3. The van der Waals surface area contributed by atoms with Crippen LogP contribution < -0.4 is 10.9 Å². The Morgan fingerprint density at radius 1 is 1.31 bits per heavy atom. The van der Waals surface area contributed by atoms with Crippen LogP contribution in [-0.2, 0) is 9.59 Å². The maximum Gasteiger partial charge on any atom is 0.251 e. The molecule has 2 aliphatic heterocycles. The van der Waals surface area contributed by atoms with Crippen LogP contribution in [0.4, 0.5) is 0 Å². The molecule has 0 unspecified atom stereocenters. The molecule has 0 spiro atoms. The number of likely N-dealkylation sites (N-methyl/N-ethyl adjacent to an activating group) is 1. The monoisotopic (exact) mass is 360 g/mol. The van der Waals surface area contributed by atoms with Crippen molar-refractivity contribution in [2.75, 3.05) is 33.7 Å². The zero-order valence-corrected chi connectivity index (χ0v) is 15.9. The van der Waals surface area contributed by atoms with Crippen molar-refractivity contribution in [2.45, 2.75) is 38.3 Å². The number of carbonyl (C=O) groups excluding carboxylic acids is 2. The molecule has 142 valence electrons. The predicted molar refractivity (Wildman–Crippen MR) is 99.0 cm³/mol. The van der Waals surface area contributed by atoms with E-state index in [1.807, 2.05) is 36.9 Å². The molecule has 1 aromatic rings. The van der Waals surface area contributed by atoms with Crippen LogP contribution in [-0.4, -0.2) is 66.0 Å². The van der Waals surface area contributed by atoms with Crippen molar-refractivity contribution in [3.8, 4) is 0 Å². The number of nitrogens with one attached hydrogen (secondary N) is 1. The van der Waals surface area contributed by atoms with Crippen molar-refractivity contribution in [2.24, 2.45) is 5.92 Å². The predicted octanol–water partition coefficient (Wildman–Crippen LogP) is 0.421. The molecule has 7 heteroatoms. The van der Waals surface area contributed by atoms with Gasteiger partial charge in [-0.05, 0) is 33.5 Å². The van der Waals surface area contributed by atoms with E-state index in [0.717, 1.165) is 12.1 Å². The Morgan fingerprint density at radius 3 is 2.69 bits per heavy atom. The molecule has 3 heterocycles. The molecule has 0 saturated carbocycles. The molecule has 3 rings (SSSR count). The van der Waals surface area contributed by atoms with Crippen molar-refractivity contribution in [1.29, 1.82) is 0 Å². The van der Waals surface area contributed by atoms with E-state index in [1.54, 1.807) is 17.6 Å². The molecular formula is C19H28N4O3. The van der Waals surface area contributed by atoms with Crippen LogP contribution in [0.5, 0.6) is 0 Å². The lowest BCUT2D eigenvalue weighted by atomic mass is 9.78. The van der Waals surface area contributed by atoms with E-state index in [0.29, 0.717) is 19.6 Å². The van der Waals surface area contributed by atoms with Gasteiger partial charge in [0.2, 0.25) is 11.8 Å². The second kappa shape index (κ2) is 7.23. The molecule has 0 aromatic carbocycles. The summed E-state index contributed by atoms with van der Waals surface area (Å²) in [6.07, 6.45) is 0.828. The highest BCUT2D eigenvalue weighted by Gasteiger charge is 2.44. The maximum atomic E-state index is 13.0. The lowest BCUT2D eigenvalue weighted by Gasteiger charge is -2.46. The van der Waals surface area contributed by atoms with Crippen molar-refractivity contribution in [1.82, 2.24) is 19.7 Å². The molecule has 1 saturated heterocycles. The van der Waals surface area contributed by atoms with Gasteiger partial charge in [0, 0.05) is 56.2 Å². The zero-order chi connectivity index (χ0) is 19.0. The molecule has 2 amide bonds. The number of pyridine rings is 1. The Hall–Kier alpha value is -2.15. The molecule has 4 atom stereocenters. The Morgan fingerprint density at radius 2 is 2.04 bits per heavy atom. The number of likely N-dealkylation sites (tertiary alicyclic amines) is 1. The van der Waals surface area contributed by atoms with Gasteiger partial charge in [-0.25, -0.2) is 0 Å².